The molecule has 2 N–H and O–H groups in total. The van der Waals surface area contributed by atoms with Crippen molar-refractivity contribution in [1.29, 1.82) is 0 Å². The molecule has 0 atom stereocenters. The second-order valence-electron chi connectivity index (χ2n) is 1.82. The molecule has 52 valence electrons. The van der Waals surface area contributed by atoms with Gasteiger partial charge in [-0.1, -0.05) is 0 Å². The summed E-state index contributed by atoms with van der Waals surface area (Å²) in [4.78, 5) is 7.69. The lowest BCUT2D eigenvalue weighted by Gasteiger charge is -1.89. The van der Waals surface area contributed by atoms with Crippen LogP contribution in [-0.2, 0) is 0 Å². The topological polar surface area (TPSA) is 48.1 Å². The number of nitrogens with zero attached hydrogens (tertiary/aromatic N) is 2. The summed E-state index contributed by atoms with van der Waals surface area (Å²) in [6, 6.07) is 3.42. The average molecular weight is 137 g/mol. The third-order valence-electron chi connectivity index (χ3n) is 1.09. The maximum atomic E-state index is 7.32. The van der Waals surface area contributed by atoms with E-state index in [0.29, 0.717) is 11.4 Å². The Kier molecular flexibility index (Phi) is 1.99. The molecule has 1 heterocycles. The van der Waals surface area contributed by atoms with Crippen LogP contribution < -0.4 is 0 Å². The molecule has 10 heavy (non-hydrogen) atoms. The summed E-state index contributed by atoms with van der Waals surface area (Å²) in [5.41, 5.74) is 0.616. The normalized spacial score (nSPS) is 10.5. The Morgan fingerprint density at radius 3 is 3.10 bits per heavy atom. The zero-order valence-corrected chi connectivity index (χ0v) is 5.70. The minimum Gasteiger partial charge on any atom is -0.592 e. The van der Waals surface area contributed by atoms with Crippen LogP contribution in [-0.4, -0.2) is 23.4 Å². The highest BCUT2D eigenvalue weighted by Gasteiger charge is 1.99. The molecule has 0 aromatic carbocycles. The molecule has 0 bridgehead atoms. The number of pyridine rings is 1. The molecular formula is C7H9N2O+. The van der Waals surface area contributed by atoms with Crippen LogP contribution in [0.1, 0.15) is 5.69 Å². The first kappa shape index (κ1) is 6.74. The van der Waals surface area contributed by atoms with Gasteiger partial charge in [-0.15, -0.1) is 0 Å². The van der Waals surface area contributed by atoms with Crippen molar-refractivity contribution in [3.63, 3.8) is 0 Å². The fourth-order valence-corrected chi connectivity index (χ4v) is 0.643. The van der Waals surface area contributed by atoms with Gasteiger partial charge in [-0.3, -0.25) is 4.99 Å². The van der Waals surface area contributed by atoms with E-state index in [2.05, 4.69) is 9.98 Å². The van der Waals surface area contributed by atoms with Gasteiger partial charge in [-0.2, -0.15) is 0 Å². The fourth-order valence-electron chi connectivity index (χ4n) is 0.643. The zero-order valence-electron chi connectivity index (χ0n) is 5.70. The second kappa shape index (κ2) is 2.96. The number of hydrogen-bond donors (Lipinski definition) is 0. The first-order valence-corrected chi connectivity index (χ1v) is 2.93. The number of rotatable bonds is 1. The van der Waals surface area contributed by atoms with Gasteiger partial charge < -0.3 is 5.11 Å². The zero-order chi connectivity index (χ0) is 7.40. The van der Waals surface area contributed by atoms with Gasteiger partial charge in [0.25, 0.3) is 5.75 Å². The molecule has 1 rings (SSSR count). The molecule has 0 amide bonds. The first-order chi connectivity index (χ1) is 4.84. The molecule has 0 saturated heterocycles. The lowest BCUT2D eigenvalue weighted by atomic mass is 10.3. The average Bonchev–Trinajstić information content (AvgIpc) is 1.94. The smallest absolute Gasteiger partial charge is 0.281 e. The summed E-state index contributed by atoms with van der Waals surface area (Å²) < 4.78 is 0. The van der Waals surface area contributed by atoms with Gasteiger partial charge in [-0.05, 0) is 6.07 Å². The summed E-state index contributed by atoms with van der Waals surface area (Å²) in [5.74, 6) is 0.410. The molecule has 1 aromatic rings. The van der Waals surface area contributed by atoms with Crippen molar-refractivity contribution in [3.05, 3.63) is 24.0 Å². The SMILES string of the molecule is CN=Cc1ncccc1[OH2+]. The molecule has 3 heteroatoms. The highest BCUT2D eigenvalue weighted by molar-refractivity contribution is 5.80. The Morgan fingerprint density at radius 2 is 2.50 bits per heavy atom. The maximum Gasteiger partial charge on any atom is 0.281 e. The number of aromatic nitrogens is 1. The third kappa shape index (κ3) is 1.31. The van der Waals surface area contributed by atoms with Crippen molar-refractivity contribution in [2.75, 3.05) is 7.05 Å². The van der Waals surface area contributed by atoms with E-state index < -0.39 is 0 Å². The van der Waals surface area contributed by atoms with E-state index >= 15 is 0 Å². The quantitative estimate of drug-likeness (QED) is 0.412. The summed E-state index contributed by atoms with van der Waals surface area (Å²) in [6.45, 7) is 0. The molecule has 0 aliphatic heterocycles. The summed E-state index contributed by atoms with van der Waals surface area (Å²) in [7, 11) is 1.66. The Bertz CT molecular complexity index is 245. The van der Waals surface area contributed by atoms with Crippen LogP contribution in [0.3, 0.4) is 0 Å². The first-order valence-electron chi connectivity index (χ1n) is 2.93. The Balaban J connectivity index is 3.03. The molecule has 0 spiro atoms. The Hall–Kier alpha value is -1.38. The molecule has 0 aliphatic carbocycles. The Morgan fingerprint density at radius 1 is 1.70 bits per heavy atom. The molecule has 0 saturated carbocycles. The van der Waals surface area contributed by atoms with Crippen molar-refractivity contribution in [1.82, 2.24) is 4.98 Å². The van der Waals surface area contributed by atoms with Crippen molar-refractivity contribution in [3.8, 4) is 5.75 Å². The van der Waals surface area contributed by atoms with Crippen LogP contribution >= 0.6 is 0 Å². The highest BCUT2D eigenvalue weighted by Crippen LogP contribution is 2.08. The van der Waals surface area contributed by atoms with Gasteiger partial charge in [0.15, 0.2) is 5.69 Å². The third-order valence-corrected chi connectivity index (χ3v) is 1.09. The van der Waals surface area contributed by atoms with Gasteiger partial charge in [0.1, 0.15) is 0 Å². The van der Waals surface area contributed by atoms with Crippen LogP contribution in [0.15, 0.2) is 23.3 Å². The highest BCUT2D eigenvalue weighted by atomic mass is 16.3. The monoisotopic (exact) mass is 137 g/mol. The van der Waals surface area contributed by atoms with E-state index in [-0.39, 0.29) is 0 Å². The van der Waals surface area contributed by atoms with E-state index in [1.807, 2.05) is 0 Å². The van der Waals surface area contributed by atoms with Crippen LogP contribution in [0.4, 0.5) is 0 Å². The largest absolute Gasteiger partial charge is 0.592 e. The summed E-state index contributed by atoms with van der Waals surface area (Å²) >= 11 is 0. The minimum atomic E-state index is 0.410. The van der Waals surface area contributed by atoms with Crippen molar-refractivity contribution in [2.45, 2.75) is 0 Å². The molecule has 0 fully saturated rings. The van der Waals surface area contributed by atoms with Crippen LogP contribution in [0.2, 0.25) is 0 Å². The maximum absolute atomic E-state index is 7.32. The second-order valence-corrected chi connectivity index (χ2v) is 1.82. The van der Waals surface area contributed by atoms with Crippen molar-refractivity contribution < 1.29 is 5.11 Å². The van der Waals surface area contributed by atoms with E-state index in [0.717, 1.165) is 0 Å². The van der Waals surface area contributed by atoms with E-state index in [1.54, 1.807) is 31.6 Å². The van der Waals surface area contributed by atoms with Crippen molar-refractivity contribution >= 4 is 6.21 Å². The van der Waals surface area contributed by atoms with Gasteiger partial charge in [0.05, 0.1) is 6.21 Å². The predicted molar refractivity (Wildman–Crippen MR) is 40.8 cm³/mol. The van der Waals surface area contributed by atoms with E-state index in [9.17, 15) is 0 Å². The van der Waals surface area contributed by atoms with Crippen LogP contribution in [0, 0.1) is 0 Å². The van der Waals surface area contributed by atoms with Gasteiger partial charge >= 0.3 is 0 Å². The molecule has 0 unspecified atom stereocenters. The van der Waals surface area contributed by atoms with Crippen LogP contribution in [0.5, 0.6) is 5.75 Å². The summed E-state index contributed by atoms with van der Waals surface area (Å²) in [6.07, 6.45) is 3.22. The predicted octanol–water partition coefficient (Wildman–Crippen LogP) is 0.568. The Labute approximate surface area is 59.1 Å². The fraction of sp³-hybridized carbons (Fsp3) is 0.143. The lowest BCUT2D eigenvalue weighted by molar-refractivity contribution is 0.471. The van der Waals surface area contributed by atoms with Gasteiger partial charge in [-0.25, -0.2) is 4.98 Å². The number of hydrogen-bond acceptors (Lipinski definition) is 2. The van der Waals surface area contributed by atoms with Crippen molar-refractivity contribution in [2.24, 2.45) is 4.99 Å². The number of aliphatic imine (C=N–C) groups is 1. The minimum absolute atomic E-state index is 0.410. The standard InChI is InChI=1S/C7H8N2O/c1-8-5-6-7(10)3-2-4-9-6/h2-5,10H,1H3/p+1. The lowest BCUT2D eigenvalue weighted by Crippen LogP contribution is -1.85. The summed E-state index contributed by atoms with van der Waals surface area (Å²) in [5, 5.41) is 7.32. The van der Waals surface area contributed by atoms with Gasteiger partial charge in [0, 0.05) is 19.3 Å². The molecule has 3 nitrogen and oxygen atoms in total. The van der Waals surface area contributed by atoms with Gasteiger partial charge in [0.2, 0.25) is 0 Å². The van der Waals surface area contributed by atoms with Crippen LogP contribution in [0.25, 0.3) is 0 Å². The van der Waals surface area contributed by atoms with E-state index in [1.165, 1.54) is 0 Å². The molecular weight excluding hydrogens is 128 g/mol. The molecule has 1 aromatic heterocycles. The van der Waals surface area contributed by atoms with E-state index in [4.69, 9.17) is 5.11 Å². The molecule has 0 aliphatic rings. The molecule has 0 radical (unpaired) electrons.